The molecule has 7 nitrogen and oxygen atoms in total. The number of amides is 1. The smallest absolute Gasteiger partial charge is 0.260 e. The number of aryl methyl sites for hydroxylation is 1. The molecular weight excluding hydrogens is 452 g/mol. The van der Waals surface area contributed by atoms with Crippen LogP contribution in [0.5, 0.6) is 11.5 Å². The highest BCUT2D eigenvalue weighted by Crippen LogP contribution is 2.36. The molecule has 1 aromatic heterocycles. The number of hydrogen-bond donors (Lipinski definition) is 3. The van der Waals surface area contributed by atoms with Crippen molar-refractivity contribution in [1.82, 2.24) is 14.7 Å². The molecule has 1 aliphatic heterocycles. The summed E-state index contributed by atoms with van der Waals surface area (Å²) in [4.78, 5) is 15.2. The van der Waals surface area contributed by atoms with Crippen molar-refractivity contribution in [2.24, 2.45) is 7.05 Å². The van der Waals surface area contributed by atoms with Crippen molar-refractivity contribution in [2.45, 2.75) is 39.3 Å². The number of benzene rings is 3. The zero-order valence-corrected chi connectivity index (χ0v) is 20.9. The zero-order chi connectivity index (χ0) is 25.6. The minimum absolute atomic E-state index is 0.0618. The third-order valence-corrected chi connectivity index (χ3v) is 6.63. The summed E-state index contributed by atoms with van der Waals surface area (Å²) >= 11 is 0. The molecule has 0 saturated heterocycles. The van der Waals surface area contributed by atoms with Gasteiger partial charge in [0.1, 0.15) is 22.9 Å². The Morgan fingerprint density at radius 2 is 1.58 bits per heavy atom. The monoisotopic (exact) mass is 482 g/mol. The van der Waals surface area contributed by atoms with Gasteiger partial charge >= 0.3 is 0 Å². The van der Waals surface area contributed by atoms with Crippen LogP contribution in [0.1, 0.15) is 47.8 Å². The van der Waals surface area contributed by atoms with Gasteiger partial charge in [0.05, 0.1) is 11.4 Å². The van der Waals surface area contributed by atoms with Crippen molar-refractivity contribution in [2.75, 3.05) is 5.32 Å². The van der Waals surface area contributed by atoms with Crippen LogP contribution in [0.2, 0.25) is 0 Å². The van der Waals surface area contributed by atoms with E-state index in [2.05, 4.69) is 43.3 Å². The third-order valence-electron chi connectivity index (χ3n) is 6.63. The second-order valence-corrected chi connectivity index (χ2v) is 10.3. The largest absolute Gasteiger partial charge is 0.508 e. The summed E-state index contributed by atoms with van der Waals surface area (Å²) in [6.07, 6.45) is 0. The summed E-state index contributed by atoms with van der Waals surface area (Å²) < 4.78 is 1.67. The van der Waals surface area contributed by atoms with Crippen LogP contribution in [-0.4, -0.2) is 30.8 Å². The lowest BCUT2D eigenvalue weighted by Gasteiger charge is -2.20. The molecule has 4 aromatic rings. The van der Waals surface area contributed by atoms with E-state index in [0.717, 1.165) is 22.4 Å². The summed E-state index contributed by atoms with van der Waals surface area (Å²) in [6, 6.07) is 20.7. The fraction of sp³-hybridized carbons (Fsp3) is 0.241. The SMILES string of the molecule is Cn1nc(-c2ccc(C(C)(C)C)cc2)cc1Nc1cc(O)cc(O)c1C(=O)N1Cc2ccccc2C1. The Hall–Kier alpha value is -4.26. The first-order valence-electron chi connectivity index (χ1n) is 11.9. The minimum Gasteiger partial charge on any atom is -0.508 e. The van der Waals surface area contributed by atoms with Gasteiger partial charge < -0.3 is 20.4 Å². The number of aromatic hydroxyl groups is 2. The lowest BCUT2D eigenvalue weighted by Crippen LogP contribution is -2.26. The summed E-state index contributed by atoms with van der Waals surface area (Å²) in [6.45, 7) is 7.46. The number of fused-ring (bicyclic) bond motifs is 1. The maximum atomic E-state index is 13.5. The van der Waals surface area contributed by atoms with Crippen molar-refractivity contribution < 1.29 is 15.0 Å². The molecule has 3 aromatic carbocycles. The second-order valence-electron chi connectivity index (χ2n) is 10.3. The number of nitrogens with one attached hydrogen (secondary N) is 1. The molecule has 2 heterocycles. The molecule has 0 aliphatic carbocycles. The number of carbonyl (C=O) groups is 1. The predicted molar refractivity (Wildman–Crippen MR) is 140 cm³/mol. The maximum absolute atomic E-state index is 13.5. The fourth-order valence-corrected chi connectivity index (χ4v) is 4.57. The second kappa shape index (κ2) is 8.75. The Morgan fingerprint density at radius 1 is 0.944 bits per heavy atom. The van der Waals surface area contributed by atoms with Crippen LogP contribution in [0, 0.1) is 0 Å². The predicted octanol–water partition coefficient (Wildman–Crippen LogP) is 5.70. The Kier molecular flexibility index (Phi) is 5.71. The molecule has 0 unspecified atom stereocenters. The van der Waals surface area contributed by atoms with E-state index < -0.39 is 0 Å². The van der Waals surface area contributed by atoms with Crippen LogP contribution in [0.15, 0.2) is 66.7 Å². The lowest BCUT2D eigenvalue weighted by molar-refractivity contribution is 0.0749. The van der Waals surface area contributed by atoms with E-state index in [9.17, 15) is 15.0 Å². The summed E-state index contributed by atoms with van der Waals surface area (Å²) in [5.74, 6) is -0.116. The van der Waals surface area contributed by atoms with E-state index in [-0.39, 0.29) is 28.4 Å². The van der Waals surface area contributed by atoms with Gasteiger partial charge in [-0.1, -0.05) is 69.3 Å². The van der Waals surface area contributed by atoms with Gasteiger partial charge in [0.2, 0.25) is 0 Å². The van der Waals surface area contributed by atoms with Crippen LogP contribution >= 0.6 is 0 Å². The van der Waals surface area contributed by atoms with Gasteiger partial charge in [-0.15, -0.1) is 0 Å². The van der Waals surface area contributed by atoms with E-state index in [1.54, 1.807) is 16.6 Å². The van der Waals surface area contributed by atoms with Gasteiger partial charge in [0.15, 0.2) is 0 Å². The number of aromatic nitrogens is 2. The van der Waals surface area contributed by atoms with E-state index in [1.165, 1.54) is 17.7 Å². The van der Waals surface area contributed by atoms with Gasteiger partial charge in [0, 0.05) is 43.9 Å². The number of nitrogens with zero attached hydrogens (tertiary/aromatic N) is 3. The molecule has 1 amide bonds. The van der Waals surface area contributed by atoms with Gasteiger partial charge in [-0.05, 0) is 22.1 Å². The summed E-state index contributed by atoms with van der Waals surface area (Å²) in [7, 11) is 1.80. The van der Waals surface area contributed by atoms with E-state index >= 15 is 0 Å². The Labute approximate surface area is 210 Å². The molecule has 0 fully saturated rings. The molecule has 3 N–H and O–H groups in total. The van der Waals surface area contributed by atoms with Gasteiger partial charge in [0.25, 0.3) is 5.91 Å². The van der Waals surface area contributed by atoms with E-state index in [4.69, 9.17) is 0 Å². The molecule has 7 heteroatoms. The van der Waals surface area contributed by atoms with Gasteiger partial charge in [-0.2, -0.15) is 5.10 Å². The lowest BCUT2D eigenvalue weighted by atomic mass is 9.86. The van der Waals surface area contributed by atoms with Crippen molar-refractivity contribution in [1.29, 1.82) is 0 Å². The minimum atomic E-state index is -0.314. The molecular formula is C29H30N4O3. The molecule has 5 rings (SSSR count). The van der Waals surface area contributed by atoms with Crippen LogP contribution in [-0.2, 0) is 25.6 Å². The topological polar surface area (TPSA) is 90.6 Å². The molecule has 0 spiro atoms. The highest BCUT2D eigenvalue weighted by atomic mass is 16.3. The van der Waals surface area contributed by atoms with Gasteiger partial charge in [-0.3, -0.25) is 9.48 Å². The summed E-state index contributed by atoms with van der Waals surface area (Å²) in [5, 5.41) is 28.7. The molecule has 0 atom stereocenters. The first kappa shape index (κ1) is 23.5. The molecule has 184 valence electrons. The number of carbonyl (C=O) groups excluding carboxylic acids is 1. The van der Waals surface area contributed by atoms with Crippen LogP contribution in [0.25, 0.3) is 11.3 Å². The molecule has 0 saturated carbocycles. The molecule has 36 heavy (non-hydrogen) atoms. The fourth-order valence-electron chi connectivity index (χ4n) is 4.57. The first-order chi connectivity index (χ1) is 17.1. The molecule has 0 bridgehead atoms. The highest BCUT2D eigenvalue weighted by molar-refractivity contribution is 6.03. The number of phenols is 2. The van der Waals surface area contributed by atoms with Crippen molar-refractivity contribution in [3.05, 3.63) is 89.0 Å². The summed E-state index contributed by atoms with van der Waals surface area (Å²) in [5.41, 5.74) is 5.64. The Bertz CT molecular complexity index is 1420. The standard InChI is InChI=1S/C29H30N4O3/c1-29(2,3)21-11-9-18(10-12-21)23-15-26(32(4)31-23)30-24-13-22(34)14-25(35)27(24)28(36)33-16-19-7-5-6-8-20(19)17-33/h5-15,30,34-35H,16-17H2,1-4H3. The number of hydrogen-bond acceptors (Lipinski definition) is 5. The number of rotatable bonds is 4. The van der Waals surface area contributed by atoms with Crippen molar-refractivity contribution in [3.8, 4) is 22.8 Å². The highest BCUT2D eigenvalue weighted by Gasteiger charge is 2.28. The normalized spacial score (nSPS) is 13.1. The van der Waals surface area contributed by atoms with Crippen LogP contribution < -0.4 is 5.32 Å². The average molecular weight is 483 g/mol. The van der Waals surface area contributed by atoms with Crippen molar-refractivity contribution in [3.63, 3.8) is 0 Å². The number of phenolic OH excluding ortho intramolecular Hbond substituents is 2. The van der Waals surface area contributed by atoms with Crippen molar-refractivity contribution >= 4 is 17.4 Å². The molecule has 0 radical (unpaired) electrons. The van der Waals surface area contributed by atoms with E-state index in [1.807, 2.05) is 42.5 Å². The average Bonchev–Trinajstić information content (AvgIpc) is 3.42. The Balaban J connectivity index is 1.44. The molecule has 1 aliphatic rings. The van der Waals surface area contributed by atoms with Crippen LogP contribution in [0.4, 0.5) is 11.5 Å². The quantitative estimate of drug-likeness (QED) is 0.347. The van der Waals surface area contributed by atoms with Crippen LogP contribution in [0.3, 0.4) is 0 Å². The first-order valence-corrected chi connectivity index (χ1v) is 11.9. The number of anilines is 2. The maximum Gasteiger partial charge on any atom is 0.260 e. The van der Waals surface area contributed by atoms with E-state index in [0.29, 0.717) is 24.6 Å². The Morgan fingerprint density at radius 3 is 2.19 bits per heavy atom. The van der Waals surface area contributed by atoms with Gasteiger partial charge in [-0.25, -0.2) is 0 Å². The third kappa shape index (κ3) is 4.40. The zero-order valence-electron chi connectivity index (χ0n) is 20.9.